The number of benzene rings is 1. The summed E-state index contributed by atoms with van der Waals surface area (Å²) in [5.74, 6) is -0.628. The molecular weight excluding hydrogens is 376 g/mol. The fourth-order valence-corrected chi connectivity index (χ4v) is 2.91. The first-order chi connectivity index (χ1) is 11.2. The molecule has 0 bridgehead atoms. The molecule has 24 heavy (non-hydrogen) atoms. The van der Waals surface area contributed by atoms with E-state index in [1.165, 1.54) is 6.07 Å². The first-order valence-electron chi connectivity index (χ1n) is 7.71. The van der Waals surface area contributed by atoms with Crippen molar-refractivity contribution in [3.05, 3.63) is 39.5 Å². The lowest BCUT2D eigenvalue weighted by atomic mass is 9.91. The van der Waals surface area contributed by atoms with E-state index in [0.29, 0.717) is 16.8 Å². The molecule has 1 aliphatic rings. The Morgan fingerprint density at radius 3 is 2.54 bits per heavy atom. The Bertz CT molecular complexity index is 698. The highest BCUT2D eigenvalue weighted by molar-refractivity contribution is 9.10. The highest BCUT2D eigenvalue weighted by Gasteiger charge is 2.36. The van der Waals surface area contributed by atoms with Gasteiger partial charge in [-0.25, -0.2) is 9.59 Å². The Balaban J connectivity index is 2.61. The van der Waals surface area contributed by atoms with Gasteiger partial charge in [0.1, 0.15) is 5.75 Å². The molecule has 130 valence electrons. The maximum Gasteiger partial charge on any atom is 0.338 e. The van der Waals surface area contributed by atoms with E-state index in [2.05, 4.69) is 26.6 Å². The summed E-state index contributed by atoms with van der Waals surface area (Å²) < 4.78 is 6.07. The number of nitrogens with one attached hydrogen (secondary N) is 2. The summed E-state index contributed by atoms with van der Waals surface area (Å²) in [4.78, 5) is 24.7. The number of amides is 2. The van der Waals surface area contributed by atoms with Crippen LogP contribution in [0.4, 0.5) is 4.79 Å². The monoisotopic (exact) mass is 396 g/mol. The smallest absolute Gasteiger partial charge is 0.338 e. The van der Waals surface area contributed by atoms with E-state index in [1.807, 2.05) is 13.8 Å². The molecule has 1 unspecified atom stereocenters. The molecule has 3 N–H and O–H groups in total. The van der Waals surface area contributed by atoms with Crippen LogP contribution >= 0.6 is 15.9 Å². The Morgan fingerprint density at radius 2 is 1.96 bits per heavy atom. The highest BCUT2D eigenvalue weighted by atomic mass is 79.9. The quantitative estimate of drug-likeness (QED) is 0.680. The lowest BCUT2D eigenvalue weighted by Gasteiger charge is -2.31. The number of aromatic hydroxyl groups is 1. The van der Waals surface area contributed by atoms with Gasteiger partial charge in [0.05, 0.1) is 17.7 Å². The zero-order chi connectivity index (χ0) is 18.0. The van der Waals surface area contributed by atoms with E-state index in [-0.39, 0.29) is 17.8 Å². The molecule has 1 heterocycles. The average Bonchev–Trinajstić information content (AvgIpc) is 2.47. The Labute approximate surface area is 149 Å². The number of halogens is 1. The number of urea groups is 1. The average molecular weight is 397 g/mol. The van der Waals surface area contributed by atoms with Gasteiger partial charge in [-0.05, 0) is 38.0 Å². The van der Waals surface area contributed by atoms with E-state index >= 15 is 0 Å². The van der Waals surface area contributed by atoms with Crippen LogP contribution in [-0.2, 0) is 9.53 Å². The van der Waals surface area contributed by atoms with Gasteiger partial charge < -0.3 is 20.5 Å². The van der Waals surface area contributed by atoms with Crippen LogP contribution in [0.3, 0.4) is 0 Å². The van der Waals surface area contributed by atoms with Crippen LogP contribution in [0.25, 0.3) is 0 Å². The molecular formula is C17H21BrN2O4. The first kappa shape index (κ1) is 18.3. The van der Waals surface area contributed by atoms with Crippen LogP contribution < -0.4 is 10.6 Å². The van der Waals surface area contributed by atoms with Gasteiger partial charge >= 0.3 is 12.0 Å². The van der Waals surface area contributed by atoms with Crippen molar-refractivity contribution in [3.63, 3.8) is 0 Å². The van der Waals surface area contributed by atoms with Crippen LogP contribution in [-0.4, -0.2) is 23.2 Å². The van der Waals surface area contributed by atoms with Crippen molar-refractivity contribution < 1.29 is 19.4 Å². The molecule has 1 atom stereocenters. The minimum atomic E-state index is -0.792. The second kappa shape index (κ2) is 7.25. The summed E-state index contributed by atoms with van der Waals surface area (Å²) in [5, 5.41) is 15.6. The Hall–Kier alpha value is -2.02. The number of phenols is 1. The van der Waals surface area contributed by atoms with Gasteiger partial charge in [-0.15, -0.1) is 0 Å². The molecule has 2 rings (SSSR count). The zero-order valence-corrected chi connectivity index (χ0v) is 15.6. The first-order valence-corrected chi connectivity index (χ1v) is 8.51. The molecule has 0 aromatic heterocycles. The maximum absolute atomic E-state index is 12.6. The summed E-state index contributed by atoms with van der Waals surface area (Å²) in [5.41, 5.74) is 1.22. The lowest BCUT2D eigenvalue weighted by molar-refractivity contribution is -0.143. The summed E-state index contributed by atoms with van der Waals surface area (Å²) in [7, 11) is 0. The molecule has 0 aliphatic carbocycles. The van der Waals surface area contributed by atoms with Crippen molar-refractivity contribution in [1.82, 2.24) is 10.6 Å². The van der Waals surface area contributed by atoms with E-state index in [0.717, 1.165) is 4.47 Å². The molecule has 1 aromatic rings. The number of hydrogen-bond acceptors (Lipinski definition) is 4. The topological polar surface area (TPSA) is 87.7 Å². The van der Waals surface area contributed by atoms with Gasteiger partial charge in [0, 0.05) is 15.7 Å². The molecule has 1 aromatic carbocycles. The van der Waals surface area contributed by atoms with E-state index in [4.69, 9.17) is 4.74 Å². The molecule has 0 radical (unpaired) electrons. The third-order valence-electron chi connectivity index (χ3n) is 3.54. The number of carbonyl (C=O) groups is 2. The van der Waals surface area contributed by atoms with Crippen molar-refractivity contribution in [2.75, 3.05) is 0 Å². The third kappa shape index (κ3) is 3.90. The summed E-state index contributed by atoms with van der Waals surface area (Å²) in [6.45, 7) is 7.27. The molecule has 1 aliphatic heterocycles. The van der Waals surface area contributed by atoms with E-state index < -0.39 is 18.0 Å². The zero-order valence-electron chi connectivity index (χ0n) is 14.0. The van der Waals surface area contributed by atoms with Gasteiger partial charge in [0.15, 0.2) is 0 Å². The van der Waals surface area contributed by atoms with Gasteiger partial charge in [-0.2, -0.15) is 0 Å². The van der Waals surface area contributed by atoms with Gasteiger partial charge in [0.2, 0.25) is 0 Å². The molecule has 0 saturated heterocycles. The van der Waals surface area contributed by atoms with Gasteiger partial charge in [-0.3, -0.25) is 0 Å². The predicted molar refractivity (Wildman–Crippen MR) is 93.3 cm³/mol. The second-order valence-electron chi connectivity index (χ2n) is 6.17. The summed E-state index contributed by atoms with van der Waals surface area (Å²) in [6, 6.07) is 3.64. The van der Waals surface area contributed by atoms with Crippen molar-refractivity contribution in [3.8, 4) is 5.75 Å². The summed E-state index contributed by atoms with van der Waals surface area (Å²) >= 11 is 3.35. The van der Waals surface area contributed by atoms with Crippen LogP contribution in [0.2, 0.25) is 0 Å². The van der Waals surface area contributed by atoms with Crippen LogP contribution in [0, 0.1) is 5.92 Å². The van der Waals surface area contributed by atoms with Crippen LogP contribution in [0.1, 0.15) is 39.3 Å². The van der Waals surface area contributed by atoms with Gasteiger partial charge in [-0.1, -0.05) is 29.8 Å². The molecule has 0 spiro atoms. The second-order valence-corrected chi connectivity index (χ2v) is 7.09. The number of esters is 1. The number of rotatable bonds is 4. The third-order valence-corrected chi connectivity index (χ3v) is 4.04. The number of hydrogen-bond donors (Lipinski definition) is 3. The van der Waals surface area contributed by atoms with Crippen molar-refractivity contribution in [2.24, 2.45) is 5.92 Å². The molecule has 0 saturated carbocycles. The molecule has 2 amide bonds. The fourth-order valence-electron chi connectivity index (χ4n) is 2.54. The number of carbonyl (C=O) groups excluding carboxylic acids is 2. The maximum atomic E-state index is 12.6. The van der Waals surface area contributed by atoms with Crippen molar-refractivity contribution >= 4 is 27.9 Å². The lowest BCUT2D eigenvalue weighted by Crippen LogP contribution is -2.47. The molecule has 0 fully saturated rings. The highest BCUT2D eigenvalue weighted by Crippen LogP contribution is 2.36. The molecule has 6 nitrogen and oxygen atoms in total. The van der Waals surface area contributed by atoms with Crippen molar-refractivity contribution in [1.29, 1.82) is 0 Å². The van der Waals surface area contributed by atoms with E-state index in [1.54, 1.807) is 26.0 Å². The minimum Gasteiger partial charge on any atom is -0.508 e. The van der Waals surface area contributed by atoms with Gasteiger partial charge in [0.25, 0.3) is 0 Å². The Morgan fingerprint density at radius 1 is 1.29 bits per heavy atom. The standard InChI is InChI=1S/C17H21BrN2O4/c1-8(2)14-13(16(22)24-9(3)4)15(20-17(23)19-14)11-7-10(18)5-6-12(11)21/h5-9,15,21H,1-4H3,(H2,19,20,23). The number of phenolic OH excluding ortho intramolecular Hbond substituents is 1. The summed E-state index contributed by atoms with van der Waals surface area (Å²) in [6.07, 6.45) is -0.298. The van der Waals surface area contributed by atoms with Crippen LogP contribution in [0.5, 0.6) is 5.75 Å². The Kier molecular flexibility index (Phi) is 5.54. The largest absolute Gasteiger partial charge is 0.508 e. The van der Waals surface area contributed by atoms with E-state index in [9.17, 15) is 14.7 Å². The van der Waals surface area contributed by atoms with Crippen molar-refractivity contribution in [2.45, 2.75) is 39.8 Å². The van der Waals surface area contributed by atoms with Crippen LogP contribution in [0.15, 0.2) is 33.9 Å². The minimum absolute atomic E-state index is 0.0108. The fraction of sp³-hybridized carbons (Fsp3) is 0.412. The number of ether oxygens (including phenoxy) is 1. The predicted octanol–water partition coefficient (Wildman–Crippen LogP) is 3.37. The number of allylic oxidation sites excluding steroid dienone is 1. The normalized spacial score (nSPS) is 17.8. The molecule has 7 heteroatoms. The SMILES string of the molecule is CC(C)OC(=O)C1=C(C(C)C)NC(=O)NC1c1cc(Br)ccc1O.